The van der Waals surface area contributed by atoms with Crippen LogP contribution in [-0.2, 0) is 25.5 Å². The molecule has 1 amide bonds. The number of hydrogen-bond donors (Lipinski definition) is 0. The Balaban J connectivity index is 1.27. The van der Waals surface area contributed by atoms with Gasteiger partial charge >= 0.3 is 5.97 Å². The van der Waals surface area contributed by atoms with Crippen LogP contribution < -0.4 is 0 Å². The lowest BCUT2D eigenvalue weighted by Gasteiger charge is -2.28. The molecule has 1 heterocycles. The highest BCUT2D eigenvalue weighted by Gasteiger charge is 2.44. The zero-order chi connectivity index (χ0) is 24.9. The second-order valence-electron chi connectivity index (χ2n) is 9.92. The number of benzene rings is 3. The van der Waals surface area contributed by atoms with Gasteiger partial charge in [0.15, 0.2) is 0 Å². The van der Waals surface area contributed by atoms with Gasteiger partial charge in [-0.05, 0) is 41.4 Å². The van der Waals surface area contributed by atoms with E-state index in [1.165, 1.54) is 12.7 Å². The summed E-state index contributed by atoms with van der Waals surface area (Å²) >= 11 is 0. The lowest BCUT2D eigenvalue weighted by Crippen LogP contribution is -2.43. The number of rotatable bonds is 9. The van der Waals surface area contributed by atoms with Crippen molar-refractivity contribution >= 4 is 11.9 Å². The predicted molar refractivity (Wildman–Crippen MR) is 138 cm³/mol. The van der Waals surface area contributed by atoms with Gasteiger partial charge in [0, 0.05) is 13.0 Å². The predicted octanol–water partition coefficient (Wildman–Crippen LogP) is 4.86. The molecule has 3 aromatic rings. The van der Waals surface area contributed by atoms with Crippen LogP contribution >= 0.6 is 0 Å². The number of hydrogen-bond acceptors (Lipinski definition) is 4. The smallest absolute Gasteiger partial charge is 0.328 e. The van der Waals surface area contributed by atoms with Crippen LogP contribution in [0.25, 0.3) is 0 Å². The topological polar surface area (TPSA) is 55.8 Å². The van der Waals surface area contributed by atoms with Gasteiger partial charge in [-0.15, -0.1) is 0 Å². The second-order valence-corrected chi connectivity index (χ2v) is 9.92. The van der Waals surface area contributed by atoms with Gasteiger partial charge in [-0.2, -0.15) is 0 Å². The molecule has 2 fully saturated rings. The van der Waals surface area contributed by atoms with Crippen LogP contribution in [0.15, 0.2) is 91.0 Å². The van der Waals surface area contributed by atoms with Gasteiger partial charge in [0.25, 0.3) is 0 Å². The maximum atomic E-state index is 14.0. The van der Waals surface area contributed by atoms with Crippen molar-refractivity contribution in [3.63, 3.8) is 0 Å². The fraction of sp³-hybridized carbons (Fsp3) is 0.355. The summed E-state index contributed by atoms with van der Waals surface area (Å²) in [6.07, 6.45) is 2.52. The Labute approximate surface area is 213 Å². The SMILES string of the molecule is COC(=O)[C@@H]1C[C@H](OC[C@@H]2C[C@H]2Cc2ccccc2)CN1C(=O)C(c1ccccc1)c1ccccc1. The Morgan fingerprint density at radius 1 is 0.833 bits per heavy atom. The minimum atomic E-state index is -0.637. The summed E-state index contributed by atoms with van der Waals surface area (Å²) in [5.74, 6) is 0.207. The Morgan fingerprint density at radius 2 is 1.42 bits per heavy atom. The maximum absolute atomic E-state index is 14.0. The third-order valence-corrected chi connectivity index (χ3v) is 7.49. The van der Waals surface area contributed by atoms with E-state index in [-0.39, 0.29) is 18.0 Å². The first-order valence-corrected chi connectivity index (χ1v) is 12.8. The van der Waals surface area contributed by atoms with E-state index in [1.807, 2.05) is 66.7 Å². The second kappa shape index (κ2) is 11.1. The van der Waals surface area contributed by atoms with Crippen molar-refractivity contribution in [2.75, 3.05) is 20.3 Å². The first kappa shape index (κ1) is 24.3. The van der Waals surface area contributed by atoms with Crippen LogP contribution in [0.2, 0.25) is 0 Å². The molecule has 0 aromatic heterocycles. The van der Waals surface area contributed by atoms with Crippen LogP contribution in [0, 0.1) is 11.8 Å². The number of carbonyl (C=O) groups excluding carboxylic acids is 2. The zero-order valence-electron chi connectivity index (χ0n) is 20.7. The number of esters is 1. The molecule has 4 atom stereocenters. The van der Waals surface area contributed by atoms with Crippen LogP contribution in [0.4, 0.5) is 0 Å². The Bertz CT molecular complexity index is 1110. The van der Waals surface area contributed by atoms with E-state index in [9.17, 15) is 9.59 Å². The van der Waals surface area contributed by atoms with Gasteiger partial charge in [0.05, 0.1) is 25.7 Å². The molecule has 0 radical (unpaired) electrons. The van der Waals surface area contributed by atoms with E-state index in [2.05, 4.69) is 24.3 Å². The normalized spacial score (nSPS) is 23.0. The number of ether oxygens (including phenoxy) is 2. The average molecular weight is 484 g/mol. The summed E-state index contributed by atoms with van der Waals surface area (Å²) < 4.78 is 11.4. The minimum Gasteiger partial charge on any atom is -0.467 e. The number of carbonyl (C=O) groups is 2. The Kier molecular flexibility index (Phi) is 7.47. The molecule has 5 heteroatoms. The summed E-state index contributed by atoms with van der Waals surface area (Å²) in [6.45, 7) is 1.06. The molecular formula is C31H33NO4. The first-order chi connectivity index (χ1) is 17.6. The van der Waals surface area contributed by atoms with Gasteiger partial charge < -0.3 is 14.4 Å². The Morgan fingerprint density at radius 3 is 2.00 bits per heavy atom. The summed E-state index contributed by atoms with van der Waals surface area (Å²) in [7, 11) is 1.38. The van der Waals surface area contributed by atoms with Gasteiger partial charge in [-0.1, -0.05) is 91.0 Å². The van der Waals surface area contributed by atoms with Crippen molar-refractivity contribution in [3.8, 4) is 0 Å². The lowest BCUT2D eigenvalue weighted by atomic mass is 9.90. The van der Waals surface area contributed by atoms with E-state index in [1.54, 1.807) is 4.90 Å². The average Bonchev–Trinajstić information content (AvgIpc) is 3.52. The quantitative estimate of drug-likeness (QED) is 0.408. The highest BCUT2D eigenvalue weighted by Crippen LogP contribution is 2.42. The first-order valence-electron chi connectivity index (χ1n) is 12.8. The summed E-state index contributed by atoms with van der Waals surface area (Å²) in [4.78, 5) is 28.4. The Hall–Kier alpha value is -3.44. The fourth-order valence-electron chi connectivity index (χ4n) is 5.40. The van der Waals surface area contributed by atoms with E-state index in [0.29, 0.717) is 31.4 Å². The molecule has 1 saturated carbocycles. The molecule has 2 aliphatic rings. The summed E-state index contributed by atoms with van der Waals surface area (Å²) in [5, 5.41) is 0. The van der Waals surface area contributed by atoms with Gasteiger partial charge in [0.2, 0.25) is 5.91 Å². The summed E-state index contributed by atoms with van der Waals surface area (Å²) in [5.41, 5.74) is 3.17. The van der Waals surface area contributed by atoms with Crippen molar-refractivity contribution in [2.45, 2.75) is 37.3 Å². The highest BCUT2D eigenvalue weighted by atomic mass is 16.5. The van der Waals surface area contributed by atoms with Crippen LogP contribution in [-0.4, -0.2) is 49.2 Å². The zero-order valence-corrected chi connectivity index (χ0v) is 20.7. The van der Waals surface area contributed by atoms with Gasteiger partial charge in [-0.3, -0.25) is 4.79 Å². The van der Waals surface area contributed by atoms with Gasteiger partial charge in [-0.25, -0.2) is 4.79 Å². The third-order valence-electron chi connectivity index (χ3n) is 7.49. The molecule has 0 spiro atoms. The van der Waals surface area contributed by atoms with Crippen molar-refractivity contribution in [1.82, 2.24) is 4.90 Å². The van der Waals surface area contributed by atoms with E-state index in [0.717, 1.165) is 24.0 Å². The fourth-order valence-corrected chi connectivity index (χ4v) is 5.40. The molecule has 3 aromatic carbocycles. The lowest BCUT2D eigenvalue weighted by molar-refractivity contribution is -0.151. The molecule has 1 aliphatic heterocycles. The van der Waals surface area contributed by atoms with E-state index >= 15 is 0 Å². The highest BCUT2D eigenvalue weighted by molar-refractivity contribution is 5.91. The summed E-state index contributed by atoms with van der Waals surface area (Å²) in [6, 6.07) is 29.4. The number of amides is 1. The number of nitrogens with zero attached hydrogens (tertiary/aromatic N) is 1. The van der Waals surface area contributed by atoms with Crippen LogP contribution in [0.3, 0.4) is 0 Å². The van der Waals surface area contributed by atoms with Crippen molar-refractivity contribution in [2.24, 2.45) is 11.8 Å². The third kappa shape index (κ3) is 5.52. The molecule has 0 N–H and O–H groups in total. The minimum absolute atomic E-state index is 0.0951. The molecule has 0 unspecified atom stereocenters. The molecule has 1 aliphatic carbocycles. The largest absolute Gasteiger partial charge is 0.467 e. The van der Waals surface area contributed by atoms with Crippen LogP contribution in [0.5, 0.6) is 0 Å². The van der Waals surface area contributed by atoms with Gasteiger partial charge in [0.1, 0.15) is 6.04 Å². The molecule has 5 nitrogen and oxygen atoms in total. The maximum Gasteiger partial charge on any atom is 0.328 e. The van der Waals surface area contributed by atoms with Crippen molar-refractivity contribution in [1.29, 1.82) is 0 Å². The molecule has 186 valence electrons. The molecule has 1 saturated heterocycles. The van der Waals surface area contributed by atoms with E-state index in [4.69, 9.17) is 9.47 Å². The monoisotopic (exact) mass is 483 g/mol. The van der Waals surface area contributed by atoms with Crippen molar-refractivity contribution < 1.29 is 19.1 Å². The number of methoxy groups -OCH3 is 1. The van der Waals surface area contributed by atoms with Crippen molar-refractivity contribution in [3.05, 3.63) is 108 Å². The molecule has 0 bridgehead atoms. The number of likely N-dealkylation sites (tertiary alicyclic amines) is 1. The van der Waals surface area contributed by atoms with E-state index < -0.39 is 12.0 Å². The van der Waals surface area contributed by atoms with Crippen LogP contribution in [0.1, 0.15) is 35.4 Å². The standard InChI is InChI=1S/C31H33NO4/c1-35-31(34)28-19-27(36-21-26-18-25(26)17-22-11-5-2-6-12-22)20-32(28)30(33)29(23-13-7-3-8-14-23)24-15-9-4-10-16-24/h2-16,25-29H,17-21H2,1H3/t25-,26+,27+,28+/m1/s1. The molecular weight excluding hydrogens is 450 g/mol. The molecule has 36 heavy (non-hydrogen) atoms. The molecule has 5 rings (SSSR count).